The molecule has 0 unspecified atom stereocenters. The molecule has 0 aliphatic rings. The summed E-state index contributed by atoms with van der Waals surface area (Å²) in [6.45, 7) is 4.01. The molecule has 2 N–H and O–H groups in total. The summed E-state index contributed by atoms with van der Waals surface area (Å²) in [4.78, 5) is 16.3. The normalized spacial score (nSPS) is 10.5. The SMILES string of the molecule is COc1cc(CNC(=O)c2cnc(OC(C)C)c(Cl)c2)ccc1O. The van der Waals surface area contributed by atoms with Crippen LogP contribution in [0.25, 0.3) is 0 Å². The van der Waals surface area contributed by atoms with Gasteiger partial charge in [0.05, 0.1) is 18.8 Å². The second-order valence-electron chi connectivity index (χ2n) is 5.37. The van der Waals surface area contributed by atoms with Gasteiger partial charge in [-0.15, -0.1) is 0 Å². The summed E-state index contributed by atoms with van der Waals surface area (Å²) < 4.78 is 10.5. The molecule has 7 heteroatoms. The number of halogens is 1. The van der Waals surface area contributed by atoms with Crippen molar-refractivity contribution in [3.63, 3.8) is 0 Å². The molecule has 0 saturated heterocycles. The topological polar surface area (TPSA) is 80.7 Å². The summed E-state index contributed by atoms with van der Waals surface area (Å²) in [7, 11) is 1.46. The lowest BCUT2D eigenvalue weighted by atomic mass is 10.2. The molecule has 1 aromatic carbocycles. The van der Waals surface area contributed by atoms with Crippen molar-refractivity contribution < 1.29 is 19.4 Å². The molecule has 2 rings (SSSR count). The van der Waals surface area contributed by atoms with Gasteiger partial charge >= 0.3 is 0 Å². The van der Waals surface area contributed by atoms with Crippen molar-refractivity contribution in [3.05, 3.63) is 46.6 Å². The highest BCUT2D eigenvalue weighted by Gasteiger charge is 2.12. The second kappa shape index (κ2) is 7.88. The Morgan fingerprint density at radius 1 is 1.38 bits per heavy atom. The van der Waals surface area contributed by atoms with E-state index in [2.05, 4.69) is 10.3 Å². The fourth-order valence-corrected chi connectivity index (χ4v) is 2.19. The van der Waals surface area contributed by atoms with Gasteiger partial charge in [-0.1, -0.05) is 17.7 Å². The van der Waals surface area contributed by atoms with Gasteiger partial charge in [0.15, 0.2) is 11.5 Å². The quantitative estimate of drug-likeness (QED) is 0.836. The van der Waals surface area contributed by atoms with Gasteiger partial charge in [-0.3, -0.25) is 4.79 Å². The van der Waals surface area contributed by atoms with Crippen molar-refractivity contribution in [2.45, 2.75) is 26.5 Å². The third-order valence-electron chi connectivity index (χ3n) is 3.11. The molecule has 0 aliphatic carbocycles. The standard InChI is InChI=1S/C17H19ClN2O4/c1-10(2)24-17-13(18)7-12(9-20-17)16(22)19-8-11-4-5-14(21)15(6-11)23-3/h4-7,9-10,21H,8H2,1-3H3,(H,19,22). The van der Waals surface area contributed by atoms with E-state index < -0.39 is 0 Å². The van der Waals surface area contributed by atoms with Crippen molar-refractivity contribution in [2.24, 2.45) is 0 Å². The van der Waals surface area contributed by atoms with Crippen LogP contribution < -0.4 is 14.8 Å². The largest absolute Gasteiger partial charge is 0.504 e. The average molecular weight is 351 g/mol. The summed E-state index contributed by atoms with van der Waals surface area (Å²) in [5, 5.41) is 12.6. The predicted octanol–water partition coefficient (Wildman–Crippen LogP) is 3.17. The molecule has 24 heavy (non-hydrogen) atoms. The first-order valence-corrected chi connectivity index (χ1v) is 7.74. The first-order chi connectivity index (χ1) is 11.4. The van der Waals surface area contributed by atoms with Crippen molar-refractivity contribution in [1.29, 1.82) is 0 Å². The van der Waals surface area contributed by atoms with Gasteiger partial charge in [0, 0.05) is 12.7 Å². The minimum absolute atomic E-state index is 0.0456. The number of hydrogen-bond donors (Lipinski definition) is 2. The summed E-state index contributed by atoms with van der Waals surface area (Å²) in [6, 6.07) is 6.37. The number of phenolic OH excluding ortho intramolecular Hbond substituents is 1. The number of carbonyl (C=O) groups is 1. The van der Waals surface area contributed by atoms with E-state index in [4.69, 9.17) is 21.1 Å². The number of carbonyl (C=O) groups excluding carboxylic acids is 1. The molecule has 1 heterocycles. The Balaban J connectivity index is 2.03. The summed E-state index contributed by atoms with van der Waals surface area (Å²) in [5.74, 6) is 0.380. The van der Waals surface area contributed by atoms with Gasteiger partial charge in [-0.05, 0) is 37.6 Å². The van der Waals surface area contributed by atoms with Crippen LogP contribution in [0.3, 0.4) is 0 Å². The number of nitrogens with zero attached hydrogens (tertiary/aromatic N) is 1. The number of aromatic nitrogens is 1. The number of amides is 1. The van der Waals surface area contributed by atoms with Crippen LogP contribution in [-0.4, -0.2) is 29.2 Å². The molecule has 0 atom stereocenters. The Hall–Kier alpha value is -2.47. The summed E-state index contributed by atoms with van der Waals surface area (Å²) in [5.41, 5.74) is 1.12. The molecular weight excluding hydrogens is 332 g/mol. The predicted molar refractivity (Wildman–Crippen MR) is 90.8 cm³/mol. The highest BCUT2D eigenvalue weighted by atomic mass is 35.5. The lowest BCUT2D eigenvalue weighted by Crippen LogP contribution is -2.23. The van der Waals surface area contributed by atoms with E-state index in [0.717, 1.165) is 5.56 Å². The molecule has 0 radical (unpaired) electrons. The van der Waals surface area contributed by atoms with Crippen LogP contribution >= 0.6 is 11.6 Å². The van der Waals surface area contributed by atoms with E-state index in [-0.39, 0.29) is 29.3 Å². The first kappa shape index (κ1) is 17.9. The van der Waals surface area contributed by atoms with E-state index in [1.165, 1.54) is 25.4 Å². The van der Waals surface area contributed by atoms with Crippen molar-refractivity contribution in [2.75, 3.05) is 7.11 Å². The average Bonchev–Trinajstić information content (AvgIpc) is 2.55. The number of rotatable bonds is 6. The number of methoxy groups -OCH3 is 1. The Morgan fingerprint density at radius 3 is 2.75 bits per heavy atom. The van der Waals surface area contributed by atoms with Crippen LogP contribution in [0.15, 0.2) is 30.5 Å². The molecule has 0 fully saturated rings. The number of ether oxygens (including phenoxy) is 2. The highest BCUT2D eigenvalue weighted by Crippen LogP contribution is 2.26. The van der Waals surface area contributed by atoms with Crippen LogP contribution in [0.1, 0.15) is 29.8 Å². The lowest BCUT2D eigenvalue weighted by molar-refractivity contribution is 0.0950. The number of hydrogen-bond acceptors (Lipinski definition) is 5. The van der Waals surface area contributed by atoms with E-state index in [1.54, 1.807) is 12.1 Å². The molecule has 0 saturated carbocycles. The lowest BCUT2D eigenvalue weighted by Gasteiger charge is -2.11. The van der Waals surface area contributed by atoms with Crippen molar-refractivity contribution in [1.82, 2.24) is 10.3 Å². The number of phenols is 1. The molecule has 6 nitrogen and oxygen atoms in total. The number of pyridine rings is 1. The maximum atomic E-state index is 12.2. The van der Waals surface area contributed by atoms with Crippen LogP contribution in [0.2, 0.25) is 5.02 Å². The Morgan fingerprint density at radius 2 is 2.12 bits per heavy atom. The van der Waals surface area contributed by atoms with Crippen LogP contribution in [0, 0.1) is 0 Å². The van der Waals surface area contributed by atoms with E-state index in [9.17, 15) is 9.90 Å². The molecule has 0 aliphatic heterocycles. The number of nitrogens with one attached hydrogen (secondary N) is 1. The van der Waals surface area contributed by atoms with Gasteiger partial charge in [0.2, 0.25) is 5.88 Å². The van der Waals surface area contributed by atoms with Crippen LogP contribution in [-0.2, 0) is 6.54 Å². The van der Waals surface area contributed by atoms with Gasteiger partial charge in [-0.25, -0.2) is 4.98 Å². The smallest absolute Gasteiger partial charge is 0.253 e. The van der Waals surface area contributed by atoms with E-state index >= 15 is 0 Å². The Bertz CT molecular complexity index is 735. The number of benzene rings is 1. The first-order valence-electron chi connectivity index (χ1n) is 7.37. The molecule has 128 valence electrons. The molecule has 0 bridgehead atoms. The molecular formula is C17H19ClN2O4. The van der Waals surface area contributed by atoms with Gasteiger partial charge < -0.3 is 19.9 Å². The van der Waals surface area contributed by atoms with Gasteiger partial charge in [0.1, 0.15) is 5.02 Å². The van der Waals surface area contributed by atoms with E-state index in [1.807, 2.05) is 13.8 Å². The second-order valence-corrected chi connectivity index (χ2v) is 5.77. The summed E-state index contributed by atoms with van der Waals surface area (Å²) in [6.07, 6.45) is 1.36. The van der Waals surface area contributed by atoms with Crippen LogP contribution in [0.5, 0.6) is 17.4 Å². The van der Waals surface area contributed by atoms with E-state index in [0.29, 0.717) is 17.2 Å². The molecule has 1 amide bonds. The number of aromatic hydroxyl groups is 1. The fraction of sp³-hybridized carbons (Fsp3) is 0.294. The monoisotopic (exact) mass is 350 g/mol. The molecule has 2 aromatic rings. The Kier molecular flexibility index (Phi) is 5.87. The zero-order valence-electron chi connectivity index (χ0n) is 13.7. The van der Waals surface area contributed by atoms with Crippen molar-refractivity contribution in [3.8, 4) is 17.4 Å². The highest BCUT2D eigenvalue weighted by molar-refractivity contribution is 6.32. The molecule has 0 spiro atoms. The fourth-order valence-electron chi connectivity index (χ4n) is 1.98. The zero-order valence-corrected chi connectivity index (χ0v) is 14.4. The van der Waals surface area contributed by atoms with Gasteiger partial charge in [0.25, 0.3) is 5.91 Å². The zero-order chi connectivity index (χ0) is 17.7. The summed E-state index contributed by atoms with van der Waals surface area (Å²) >= 11 is 6.08. The maximum absolute atomic E-state index is 12.2. The molecule has 1 aromatic heterocycles. The minimum Gasteiger partial charge on any atom is -0.504 e. The third kappa shape index (κ3) is 4.52. The maximum Gasteiger partial charge on any atom is 0.253 e. The third-order valence-corrected chi connectivity index (χ3v) is 3.38. The van der Waals surface area contributed by atoms with Crippen LogP contribution in [0.4, 0.5) is 0 Å². The minimum atomic E-state index is -0.312. The van der Waals surface area contributed by atoms with Gasteiger partial charge in [-0.2, -0.15) is 0 Å². The Labute approximate surface area is 145 Å². The van der Waals surface area contributed by atoms with Crippen molar-refractivity contribution >= 4 is 17.5 Å².